The van der Waals surface area contributed by atoms with Gasteiger partial charge in [0.15, 0.2) is 0 Å². The molecule has 1 aliphatic carbocycles. The maximum absolute atomic E-state index is 11.6. The first kappa shape index (κ1) is 16.2. The Morgan fingerprint density at radius 1 is 1.41 bits per heavy atom. The molecular weight excluding hydrogens is 244 g/mol. The number of rotatable bonds is 5. The van der Waals surface area contributed by atoms with Gasteiger partial charge in [0.05, 0.1) is 13.0 Å². The van der Waals surface area contributed by atoms with Gasteiger partial charge in [0.25, 0.3) is 0 Å². The molecule has 1 aliphatic rings. The van der Waals surface area contributed by atoms with Gasteiger partial charge in [-0.15, -0.1) is 12.4 Å². The van der Waals surface area contributed by atoms with E-state index in [0.717, 1.165) is 19.3 Å². The fourth-order valence-corrected chi connectivity index (χ4v) is 1.92. The van der Waals surface area contributed by atoms with E-state index >= 15 is 0 Å². The molecule has 2 unspecified atom stereocenters. The smallest absolute Gasteiger partial charge is 0.307 e. The molecule has 3 N–H and O–H groups in total. The van der Waals surface area contributed by atoms with Crippen LogP contribution in [0.15, 0.2) is 0 Å². The maximum Gasteiger partial charge on any atom is 0.307 e. The number of halogens is 1. The molecule has 6 heteroatoms. The summed E-state index contributed by atoms with van der Waals surface area (Å²) >= 11 is 0. The molecule has 1 rings (SSSR count). The summed E-state index contributed by atoms with van der Waals surface area (Å²) in [7, 11) is 0. The molecule has 5 nitrogen and oxygen atoms in total. The molecule has 0 spiro atoms. The van der Waals surface area contributed by atoms with Crippen molar-refractivity contribution in [2.75, 3.05) is 13.2 Å². The van der Waals surface area contributed by atoms with Crippen molar-refractivity contribution in [3.05, 3.63) is 0 Å². The molecule has 0 aromatic carbocycles. The molecular formula is C11H21ClN2O3. The summed E-state index contributed by atoms with van der Waals surface area (Å²) in [5.74, 6) is -0.236. The van der Waals surface area contributed by atoms with Gasteiger partial charge in [0.2, 0.25) is 5.91 Å². The van der Waals surface area contributed by atoms with Crippen molar-refractivity contribution < 1.29 is 14.3 Å². The normalized spacial score (nSPS) is 22.7. The van der Waals surface area contributed by atoms with Crippen LogP contribution in [0.2, 0.25) is 0 Å². The summed E-state index contributed by atoms with van der Waals surface area (Å²) in [6.45, 7) is 2.49. The highest BCUT2D eigenvalue weighted by Crippen LogP contribution is 2.23. The molecule has 0 radical (unpaired) electrons. The third-order valence-corrected chi connectivity index (χ3v) is 2.78. The van der Waals surface area contributed by atoms with Crippen molar-refractivity contribution in [1.82, 2.24) is 5.32 Å². The number of amides is 1. The van der Waals surface area contributed by atoms with Gasteiger partial charge in [0.1, 0.15) is 0 Å². The fraction of sp³-hybridized carbons (Fsp3) is 0.818. The largest absolute Gasteiger partial charge is 0.466 e. The predicted molar refractivity (Wildman–Crippen MR) is 66.8 cm³/mol. The van der Waals surface area contributed by atoms with Crippen LogP contribution in [0.5, 0.6) is 0 Å². The molecule has 100 valence electrons. The summed E-state index contributed by atoms with van der Waals surface area (Å²) in [4.78, 5) is 22.6. The van der Waals surface area contributed by atoms with Gasteiger partial charge in [0, 0.05) is 18.5 Å². The number of hydrogen-bond acceptors (Lipinski definition) is 4. The highest BCUT2D eigenvalue weighted by Gasteiger charge is 2.27. The third kappa shape index (κ3) is 5.89. The zero-order valence-electron chi connectivity index (χ0n) is 10.1. The van der Waals surface area contributed by atoms with Crippen LogP contribution in [0.1, 0.15) is 32.6 Å². The van der Waals surface area contributed by atoms with E-state index in [1.54, 1.807) is 6.92 Å². The summed E-state index contributed by atoms with van der Waals surface area (Å²) in [6.07, 6.45) is 2.76. The lowest BCUT2D eigenvalue weighted by atomic mass is 10.1. The minimum absolute atomic E-state index is 0. The van der Waals surface area contributed by atoms with E-state index in [1.807, 2.05) is 0 Å². The second-order valence-electron chi connectivity index (χ2n) is 4.12. The zero-order valence-corrected chi connectivity index (χ0v) is 10.9. The van der Waals surface area contributed by atoms with Gasteiger partial charge in [-0.1, -0.05) is 0 Å². The molecule has 0 aromatic heterocycles. The van der Waals surface area contributed by atoms with Crippen LogP contribution < -0.4 is 11.1 Å². The Bertz CT molecular complexity index is 261. The maximum atomic E-state index is 11.6. The quantitative estimate of drug-likeness (QED) is 0.713. The first-order valence-corrected chi connectivity index (χ1v) is 5.82. The topological polar surface area (TPSA) is 81.4 Å². The summed E-state index contributed by atoms with van der Waals surface area (Å²) in [5, 5.41) is 2.74. The van der Waals surface area contributed by atoms with Crippen molar-refractivity contribution >= 4 is 24.3 Å². The number of carbonyl (C=O) groups is 2. The van der Waals surface area contributed by atoms with Crippen LogP contribution in [-0.2, 0) is 14.3 Å². The van der Waals surface area contributed by atoms with Gasteiger partial charge in [-0.2, -0.15) is 0 Å². The molecule has 2 atom stereocenters. The number of hydrogen-bond donors (Lipinski definition) is 2. The van der Waals surface area contributed by atoms with Crippen LogP contribution in [0, 0.1) is 5.92 Å². The van der Waals surface area contributed by atoms with Crippen molar-refractivity contribution in [3.63, 3.8) is 0 Å². The molecule has 1 amide bonds. The Balaban J connectivity index is 0.00000256. The van der Waals surface area contributed by atoms with Gasteiger partial charge in [-0.05, 0) is 26.2 Å². The highest BCUT2D eigenvalue weighted by molar-refractivity contribution is 5.85. The van der Waals surface area contributed by atoms with Crippen LogP contribution in [0.4, 0.5) is 0 Å². The molecule has 0 heterocycles. The van der Waals surface area contributed by atoms with Crippen molar-refractivity contribution in [1.29, 1.82) is 0 Å². The molecule has 0 bridgehead atoms. The Kier molecular flexibility index (Phi) is 7.91. The second-order valence-corrected chi connectivity index (χ2v) is 4.12. The average Bonchev–Trinajstić information content (AvgIpc) is 2.65. The van der Waals surface area contributed by atoms with Gasteiger partial charge < -0.3 is 15.8 Å². The molecule has 1 fully saturated rings. The number of ether oxygens (including phenoxy) is 1. The van der Waals surface area contributed by atoms with E-state index < -0.39 is 0 Å². The Hall–Kier alpha value is -0.810. The Labute approximate surface area is 108 Å². The van der Waals surface area contributed by atoms with E-state index in [4.69, 9.17) is 10.5 Å². The van der Waals surface area contributed by atoms with E-state index in [1.165, 1.54) is 0 Å². The molecule has 0 aliphatic heterocycles. The van der Waals surface area contributed by atoms with Gasteiger partial charge >= 0.3 is 5.97 Å². The molecule has 1 saturated carbocycles. The van der Waals surface area contributed by atoms with E-state index in [2.05, 4.69) is 5.32 Å². The second kappa shape index (κ2) is 8.31. The van der Waals surface area contributed by atoms with Crippen LogP contribution in [0.3, 0.4) is 0 Å². The summed E-state index contributed by atoms with van der Waals surface area (Å²) in [5.41, 5.74) is 5.73. The highest BCUT2D eigenvalue weighted by atomic mass is 35.5. The SMILES string of the molecule is CCOC(=O)CCNC(=O)C1CCC(N)C1.Cl. The number of carbonyl (C=O) groups excluding carboxylic acids is 2. The molecule has 17 heavy (non-hydrogen) atoms. The van der Waals surface area contributed by atoms with Crippen molar-refractivity contribution in [2.24, 2.45) is 11.7 Å². The van der Waals surface area contributed by atoms with E-state index in [-0.39, 0.29) is 42.7 Å². The number of nitrogens with one attached hydrogen (secondary N) is 1. The predicted octanol–water partition coefficient (Wildman–Crippen LogP) is 0.605. The van der Waals surface area contributed by atoms with E-state index in [9.17, 15) is 9.59 Å². The number of nitrogens with two attached hydrogens (primary N) is 1. The first-order chi connectivity index (χ1) is 7.63. The van der Waals surface area contributed by atoms with Gasteiger partial charge in [-0.25, -0.2) is 0 Å². The standard InChI is InChI=1S/C11H20N2O3.ClH/c1-2-16-10(14)5-6-13-11(15)8-3-4-9(12)7-8;/h8-9H,2-7,12H2,1H3,(H,13,15);1H. The third-order valence-electron chi connectivity index (χ3n) is 2.78. The van der Waals surface area contributed by atoms with Crippen LogP contribution in [0.25, 0.3) is 0 Å². The van der Waals surface area contributed by atoms with Crippen molar-refractivity contribution in [2.45, 2.75) is 38.6 Å². The minimum Gasteiger partial charge on any atom is -0.466 e. The van der Waals surface area contributed by atoms with E-state index in [0.29, 0.717) is 13.2 Å². The first-order valence-electron chi connectivity index (χ1n) is 5.82. The Morgan fingerprint density at radius 2 is 2.12 bits per heavy atom. The van der Waals surface area contributed by atoms with Crippen LogP contribution >= 0.6 is 12.4 Å². The monoisotopic (exact) mass is 264 g/mol. The lowest BCUT2D eigenvalue weighted by Crippen LogP contribution is -2.32. The molecule has 0 aromatic rings. The van der Waals surface area contributed by atoms with Crippen LogP contribution in [-0.4, -0.2) is 31.1 Å². The summed E-state index contributed by atoms with van der Waals surface area (Å²) in [6, 6.07) is 0.154. The summed E-state index contributed by atoms with van der Waals surface area (Å²) < 4.78 is 4.76. The lowest BCUT2D eigenvalue weighted by Gasteiger charge is -2.10. The Morgan fingerprint density at radius 3 is 2.65 bits per heavy atom. The lowest BCUT2D eigenvalue weighted by molar-refractivity contribution is -0.143. The van der Waals surface area contributed by atoms with Gasteiger partial charge in [-0.3, -0.25) is 9.59 Å². The van der Waals surface area contributed by atoms with Crippen molar-refractivity contribution in [3.8, 4) is 0 Å². The number of esters is 1. The minimum atomic E-state index is -0.272. The zero-order chi connectivity index (χ0) is 12.0. The fourth-order valence-electron chi connectivity index (χ4n) is 1.92. The molecule has 0 saturated heterocycles. The average molecular weight is 265 g/mol.